The number of carbonyl (C=O) groups excluding carboxylic acids is 1. The Balaban J connectivity index is 2.03. The molecule has 0 bridgehead atoms. The average molecular weight is 324 g/mol. The molecule has 0 atom stereocenters. The standard InChI is InChI=1S/C14H14BrNOS/c1-9-7-12(3-4-13(9)15)16-14(17)8-11-5-6-18-10(11)2/h3-7H,8H2,1-2H3,(H,16,17). The molecule has 0 fully saturated rings. The zero-order valence-corrected chi connectivity index (χ0v) is 12.7. The molecule has 0 saturated carbocycles. The average Bonchev–Trinajstić information content (AvgIpc) is 2.70. The summed E-state index contributed by atoms with van der Waals surface area (Å²) in [5.74, 6) is 0.0261. The third kappa shape index (κ3) is 3.21. The summed E-state index contributed by atoms with van der Waals surface area (Å²) in [5, 5.41) is 4.94. The molecular weight excluding hydrogens is 310 g/mol. The van der Waals surface area contributed by atoms with E-state index in [0.29, 0.717) is 6.42 Å². The third-order valence-corrected chi connectivity index (χ3v) is 4.54. The molecule has 18 heavy (non-hydrogen) atoms. The number of aryl methyl sites for hydroxylation is 2. The van der Waals surface area contributed by atoms with Crippen LogP contribution in [0.4, 0.5) is 5.69 Å². The van der Waals surface area contributed by atoms with Crippen molar-refractivity contribution >= 4 is 38.9 Å². The lowest BCUT2D eigenvalue weighted by Gasteiger charge is -2.07. The van der Waals surface area contributed by atoms with Gasteiger partial charge < -0.3 is 5.32 Å². The van der Waals surface area contributed by atoms with Crippen LogP contribution in [0.5, 0.6) is 0 Å². The van der Waals surface area contributed by atoms with Crippen molar-refractivity contribution in [2.45, 2.75) is 20.3 Å². The number of carbonyl (C=O) groups is 1. The van der Waals surface area contributed by atoms with E-state index in [9.17, 15) is 4.79 Å². The Bertz CT molecular complexity index is 577. The predicted octanol–water partition coefficient (Wildman–Crippen LogP) is 4.31. The monoisotopic (exact) mass is 323 g/mol. The van der Waals surface area contributed by atoms with E-state index in [-0.39, 0.29) is 5.91 Å². The van der Waals surface area contributed by atoms with E-state index < -0.39 is 0 Å². The maximum Gasteiger partial charge on any atom is 0.228 e. The minimum absolute atomic E-state index is 0.0261. The molecule has 0 spiro atoms. The normalized spacial score (nSPS) is 10.4. The Morgan fingerprint density at radius 3 is 2.72 bits per heavy atom. The van der Waals surface area contributed by atoms with Crippen LogP contribution in [0, 0.1) is 13.8 Å². The summed E-state index contributed by atoms with van der Waals surface area (Å²) in [6.45, 7) is 4.04. The molecular formula is C14H14BrNOS. The molecule has 2 rings (SSSR count). The van der Waals surface area contributed by atoms with Crippen molar-refractivity contribution in [3.05, 3.63) is 50.1 Å². The minimum Gasteiger partial charge on any atom is -0.326 e. The SMILES string of the molecule is Cc1cc(NC(=O)Cc2ccsc2C)ccc1Br. The van der Waals surface area contributed by atoms with E-state index in [1.54, 1.807) is 11.3 Å². The maximum absolute atomic E-state index is 11.9. The lowest BCUT2D eigenvalue weighted by Crippen LogP contribution is -2.14. The van der Waals surface area contributed by atoms with Crippen molar-refractivity contribution < 1.29 is 4.79 Å². The molecule has 1 aromatic carbocycles. The molecule has 2 aromatic rings. The van der Waals surface area contributed by atoms with Gasteiger partial charge in [-0.3, -0.25) is 4.79 Å². The highest BCUT2D eigenvalue weighted by Gasteiger charge is 2.07. The lowest BCUT2D eigenvalue weighted by molar-refractivity contribution is -0.115. The summed E-state index contributed by atoms with van der Waals surface area (Å²) < 4.78 is 1.05. The summed E-state index contributed by atoms with van der Waals surface area (Å²) in [6, 6.07) is 7.81. The second-order valence-corrected chi connectivity index (χ2v) is 6.17. The molecule has 94 valence electrons. The van der Waals surface area contributed by atoms with Crippen molar-refractivity contribution in [1.82, 2.24) is 0 Å². The Morgan fingerprint density at radius 1 is 1.33 bits per heavy atom. The van der Waals surface area contributed by atoms with Gasteiger partial charge in [-0.25, -0.2) is 0 Å². The van der Waals surface area contributed by atoms with Crippen LogP contribution in [0.3, 0.4) is 0 Å². The largest absolute Gasteiger partial charge is 0.326 e. The molecule has 0 unspecified atom stereocenters. The molecule has 1 heterocycles. The van der Waals surface area contributed by atoms with Gasteiger partial charge in [-0.2, -0.15) is 0 Å². The van der Waals surface area contributed by atoms with Gasteiger partial charge in [0, 0.05) is 15.0 Å². The van der Waals surface area contributed by atoms with Gasteiger partial charge in [0.05, 0.1) is 6.42 Å². The third-order valence-electron chi connectivity index (χ3n) is 2.76. The fraction of sp³-hybridized carbons (Fsp3) is 0.214. The second kappa shape index (κ2) is 5.67. The van der Waals surface area contributed by atoms with Gasteiger partial charge in [-0.1, -0.05) is 15.9 Å². The van der Waals surface area contributed by atoms with Gasteiger partial charge >= 0.3 is 0 Å². The zero-order chi connectivity index (χ0) is 13.1. The highest BCUT2D eigenvalue weighted by atomic mass is 79.9. The van der Waals surface area contributed by atoms with Crippen LogP contribution in [0.2, 0.25) is 0 Å². The van der Waals surface area contributed by atoms with Crippen molar-refractivity contribution in [3.63, 3.8) is 0 Å². The highest BCUT2D eigenvalue weighted by Crippen LogP contribution is 2.21. The van der Waals surface area contributed by atoms with E-state index in [1.807, 2.05) is 43.5 Å². The van der Waals surface area contributed by atoms with Gasteiger partial charge in [0.1, 0.15) is 0 Å². The van der Waals surface area contributed by atoms with Crippen molar-refractivity contribution in [3.8, 4) is 0 Å². The first kappa shape index (κ1) is 13.3. The molecule has 1 aromatic heterocycles. The van der Waals surface area contributed by atoms with Crippen molar-refractivity contribution in [2.75, 3.05) is 5.32 Å². The molecule has 0 saturated heterocycles. The van der Waals surface area contributed by atoms with Crippen molar-refractivity contribution in [1.29, 1.82) is 0 Å². The number of benzene rings is 1. The predicted molar refractivity (Wildman–Crippen MR) is 80.3 cm³/mol. The van der Waals surface area contributed by atoms with Gasteiger partial charge in [-0.05, 0) is 54.6 Å². The summed E-state index contributed by atoms with van der Waals surface area (Å²) in [4.78, 5) is 13.1. The molecule has 4 heteroatoms. The van der Waals surface area contributed by atoms with Gasteiger partial charge in [0.25, 0.3) is 0 Å². The quantitative estimate of drug-likeness (QED) is 0.896. The summed E-state index contributed by atoms with van der Waals surface area (Å²) in [6.07, 6.45) is 0.435. The fourth-order valence-electron chi connectivity index (χ4n) is 1.70. The Kier molecular flexibility index (Phi) is 4.19. The van der Waals surface area contributed by atoms with Gasteiger partial charge in [0.2, 0.25) is 5.91 Å². The molecule has 0 aliphatic heterocycles. The van der Waals surface area contributed by atoms with Crippen molar-refractivity contribution in [2.24, 2.45) is 0 Å². The van der Waals surface area contributed by atoms with Crippen LogP contribution in [0.25, 0.3) is 0 Å². The molecule has 0 radical (unpaired) electrons. The number of nitrogens with one attached hydrogen (secondary N) is 1. The molecule has 0 aliphatic carbocycles. The molecule has 1 amide bonds. The van der Waals surface area contributed by atoms with Crippen LogP contribution in [-0.2, 0) is 11.2 Å². The summed E-state index contributed by atoms with van der Waals surface area (Å²) in [5.41, 5.74) is 3.06. The topological polar surface area (TPSA) is 29.1 Å². The minimum atomic E-state index is 0.0261. The Labute approximate surface area is 119 Å². The first-order chi connectivity index (χ1) is 8.56. The lowest BCUT2D eigenvalue weighted by atomic mass is 10.2. The van der Waals surface area contributed by atoms with Gasteiger partial charge in [0.15, 0.2) is 0 Å². The first-order valence-corrected chi connectivity index (χ1v) is 7.32. The zero-order valence-electron chi connectivity index (χ0n) is 10.3. The Morgan fingerprint density at radius 2 is 2.11 bits per heavy atom. The number of hydrogen-bond donors (Lipinski definition) is 1. The first-order valence-electron chi connectivity index (χ1n) is 5.65. The summed E-state index contributed by atoms with van der Waals surface area (Å²) >= 11 is 5.11. The van der Waals surface area contributed by atoms with Gasteiger partial charge in [-0.15, -0.1) is 11.3 Å². The van der Waals surface area contributed by atoms with E-state index in [0.717, 1.165) is 21.3 Å². The number of halogens is 1. The van der Waals surface area contributed by atoms with E-state index in [2.05, 4.69) is 21.2 Å². The smallest absolute Gasteiger partial charge is 0.228 e. The van der Waals surface area contributed by atoms with E-state index in [1.165, 1.54) is 4.88 Å². The van der Waals surface area contributed by atoms with Crippen LogP contribution in [0.15, 0.2) is 34.1 Å². The Hall–Kier alpha value is -1.13. The van der Waals surface area contributed by atoms with E-state index in [4.69, 9.17) is 0 Å². The van der Waals surface area contributed by atoms with E-state index >= 15 is 0 Å². The van der Waals surface area contributed by atoms with Crippen LogP contribution in [-0.4, -0.2) is 5.91 Å². The van der Waals surface area contributed by atoms with Crippen LogP contribution in [0.1, 0.15) is 16.0 Å². The number of thiophene rings is 1. The second-order valence-electron chi connectivity index (χ2n) is 4.19. The molecule has 0 aliphatic rings. The summed E-state index contributed by atoms with van der Waals surface area (Å²) in [7, 11) is 0. The number of hydrogen-bond acceptors (Lipinski definition) is 2. The van der Waals surface area contributed by atoms with Crippen LogP contribution < -0.4 is 5.32 Å². The highest BCUT2D eigenvalue weighted by molar-refractivity contribution is 9.10. The number of rotatable bonds is 3. The maximum atomic E-state index is 11.9. The molecule has 1 N–H and O–H groups in total. The molecule has 2 nitrogen and oxygen atoms in total. The van der Waals surface area contributed by atoms with Crippen LogP contribution >= 0.6 is 27.3 Å². The number of anilines is 1. The fourth-order valence-corrected chi connectivity index (χ4v) is 2.67. The number of amides is 1.